The summed E-state index contributed by atoms with van der Waals surface area (Å²) < 4.78 is 67.3. The number of aryl methyl sites for hydroxylation is 1. The van der Waals surface area contributed by atoms with Crippen molar-refractivity contribution in [1.82, 2.24) is 35.1 Å². The number of ether oxygens (including phenoxy) is 1. The lowest BCUT2D eigenvalue weighted by molar-refractivity contribution is -0.0486. The summed E-state index contributed by atoms with van der Waals surface area (Å²) in [4.78, 5) is 31.7. The molecule has 3 aromatic heterocycles. The Bertz CT molecular complexity index is 1410. The first-order valence-corrected chi connectivity index (χ1v) is 13.4. The van der Waals surface area contributed by atoms with Crippen molar-refractivity contribution >= 4 is 17.5 Å². The molecule has 15 heteroatoms. The Morgan fingerprint density at radius 3 is 2.63 bits per heavy atom. The van der Waals surface area contributed by atoms with E-state index in [-0.39, 0.29) is 62.7 Å². The molecule has 11 nitrogen and oxygen atoms in total. The molecule has 1 aliphatic carbocycles. The summed E-state index contributed by atoms with van der Waals surface area (Å²) >= 11 is 0. The zero-order valence-electron chi connectivity index (χ0n) is 22.8. The van der Waals surface area contributed by atoms with Crippen molar-refractivity contribution in [2.45, 2.75) is 75.8 Å². The predicted octanol–water partition coefficient (Wildman–Crippen LogP) is 4.34. The lowest BCUT2D eigenvalue weighted by Crippen LogP contribution is -2.41. The molecule has 0 spiro atoms. The number of urea groups is 1. The van der Waals surface area contributed by atoms with E-state index in [2.05, 4.69) is 25.4 Å². The number of imidazole rings is 1. The van der Waals surface area contributed by atoms with Gasteiger partial charge in [-0.15, -0.1) is 0 Å². The molecular formula is C26H31F4N7O4. The number of methoxy groups -OCH3 is 1. The van der Waals surface area contributed by atoms with Gasteiger partial charge in [-0.1, -0.05) is 5.16 Å². The highest BCUT2D eigenvalue weighted by Gasteiger charge is 2.45. The van der Waals surface area contributed by atoms with Crippen LogP contribution in [0.15, 0.2) is 23.1 Å². The molecular weight excluding hydrogens is 550 g/mol. The number of halogens is 4. The second kappa shape index (κ2) is 11.0. The van der Waals surface area contributed by atoms with Crippen molar-refractivity contribution in [1.29, 1.82) is 0 Å². The Labute approximate surface area is 232 Å². The number of aromatic nitrogens is 5. The summed E-state index contributed by atoms with van der Waals surface area (Å²) in [6.07, 6.45) is 2.99. The van der Waals surface area contributed by atoms with Crippen molar-refractivity contribution in [3.63, 3.8) is 0 Å². The van der Waals surface area contributed by atoms with Crippen LogP contribution in [0.4, 0.5) is 22.4 Å². The van der Waals surface area contributed by atoms with Gasteiger partial charge in [-0.2, -0.15) is 5.10 Å². The number of hydrogen-bond acceptors (Lipinski definition) is 8. The van der Waals surface area contributed by atoms with Crippen LogP contribution in [-0.2, 0) is 4.74 Å². The average Bonchev–Trinajstić information content (AvgIpc) is 3.63. The molecule has 222 valence electrons. The summed E-state index contributed by atoms with van der Waals surface area (Å²) in [6, 6.07) is -1.04. The molecule has 2 fully saturated rings. The first-order valence-electron chi connectivity index (χ1n) is 13.4. The monoisotopic (exact) mass is 581 g/mol. The van der Waals surface area contributed by atoms with Crippen molar-refractivity contribution in [2.24, 2.45) is 5.92 Å². The molecule has 2 aliphatic rings. The van der Waals surface area contributed by atoms with Crippen molar-refractivity contribution < 1.29 is 36.5 Å². The minimum absolute atomic E-state index is 0.0271. The van der Waals surface area contributed by atoms with E-state index in [0.29, 0.717) is 22.6 Å². The third-order valence-electron chi connectivity index (χ3n) is 8.03. The summed E-state index contributed by atoms with van der Waals surface area (Å²) in [5, 5.41) is 14.1. The van der Waals surface area contributed by atoms with Crippen LogP contribution in [0.5, 0.6) is 0 Å². The summed E-state index contributed by atoms with van der Waals surface area (Å²) in [5.74, 6) is -6.92. The van der Waals surface area contributed by atoms with Gasteiger partial charge in [-0.25, -0.2) is 36.5 Å². The van der Waals surface area contributed by atoms with Crippen LogP contribution in [0.3, 0.4) is 0 Å². The zero-order valence-corrected chi connectivity index (χ0v) is 22.8. The number of Topliss-reactive ketones (excluding diaryl/α,β-unsaturated/α-hetero) is 1. The van der Waals surface area contributed by atoms with Gasteiger partial charge in [0.1, 0.15) is 11.7 Å². The Balaban J connectivity index is 1.45. The number of hydrogen-bond donors (Lipinski definition) is 1. The maximum atomic E-state index is 14.0. The quantitative estimate of drug-likeness (QED) is 0.277. The molecule has 3 atom stereocenters. The van der Waals surface area contributed by atoms with Crippen LogP contribution < -0.4 is 5.32 Å². The fourth-order valence-corrected chi connectivity index (χ4v) is 5.67. The molecule has 4 heterocycles. The van der Waals surface area contributed by atoms with Gasteiger partial charge in [-0.3, -0.25) is 4.79 Å². The van der Waals surface area contributed by atoms with Gasteiger partial charge in [-0.05, 0) is 36.9 Å². The van der Waals surface area contributed by atoms with E-state index >= 15 is 0 Å². The van der Waals surface area contributed by atoms with Crippen LogP contribution >= 0.6 is 0 Å². The maximum absolute atomic E-state index is 14.0. The van der Waals surface area contributed by atoms with Gasteiger partial charge in [0, 0.05) is 51.3 Å². The third kappa shape index (κ3) is 6.04. The molecule has 1 aliphatic heterocycles. The SMILES string of the molecule is COC[C@H](c1cnn2cc([C@@H](CC(=O)c3nonc3C)C3CCC(F)(F)CC3)nc2c1)N1C[C@@H](C(C)(F)F)NC1=O. The number of amides is 2. The smallest absolute Gasteiger partial charge is 0.318 e. The Hall–Kier alpha value is -3.62. The van der Waals surface area contributed by atoms with Gasteiger partial charge in [0.25, 0.3) is 5.92 Å². The Kier molecular flexibility index (Phi) is 7.74. The molecule has 0 aromatic carbocycles. The second-order valence-electron chi connectivity index (χ2n) is 11.0. The number of ketones is 1. The van der Waals surface area contributed by atoms with Crippen LogP contribution in [0.1, 0.15) is 78.4 Å². The summed E-state index contributed by atoms with van der Waals surface area (Å²) in [5.41, 5.74) is 1.82. The third-order valence-corrected chi connectivity index (χ3v) is 8.03. The van der Waals surface area contributed by atoms with E-state index in [0.717, 1.165) is 6.92 Å². The van der Waals surface area contributed by atoms with Gasteiger partial charge in [0.15, 0.2) is 17.1 Å². The lowest BCUT2D eigenvalue weighted by Gasteiger charge is -2.32. The number of fused-ring (bicyclic) bond motifs is 1. The minimum Gasteiger partial charge on any atom is -0.382 e. The normalized spacial score (nSPS) is 21.3. The highest BCUT2D eigenvalue weighted by Crippen LogP contribution is 2.44. The molecule has 0 bridgehead atoms. The largest absolute Gasteiger partial charge is 0.382 e. The fraction of sp³-hybridized carbons (Fsp3) is 0.615. The topological polar surface area (TPSA) is 128 Å². The minimum atomic E-state index is -3.11. The number of rotatable bonds is 10. The van der Waals surface area contributed by atoms with Gasteiger partial charge in [0.05, 0.1) is 30.7 Å². The number of nitrogens with zero attached hydrogens (tertiary/aromatic N) is 6. The van der Waals surface area contributed by atoms with Crippen LogP contribution in [-0.4, -0.2) is 79.8 Å². The number of carbonyl (C=O) groups excluding carboxylic acids is 2. The molecule has 0 radical (unpaired) electrons. The Morgan fingerprint density at radius 2 is 2.02 bits per heavy atom. The maximum Gasteiger partial charge on any atom is 0.318 e. The van der Waals surface area contributed by atoms with Crippen LogP contribution in [0.2, 0.25) is 0 Å². The van der Waals surface area contributed by atoms with Crippen LogP contribution in [0, 0.1) is 12.8 Å². The first-order chi connectivity index (χ1) is 19.4. The summed E-state index contributed by atoms with van der Waals surface area (Å²) in [6.45, 7) is 2.14. The van der Waals surface area contributed by atoms with E-state index in [9.17, 15) is 27.2 Å². The highest BCUT2D eigenvalue weighted by atomic mass is 19.3. The zero-order chi connectivity index (χ0) is 29.5. The van der Waals surface area contributed by atoms with Crippen molar-refractivity contribution in [3.05, 3.63) is 41.1 Å². The molecule has 3 aromatic rings. The fourth-order valence-electron chi connectivity index (χ4n) is 5.67. The second-order valence-corrected chi connectivity index (χ2v) is 11.0. The van der Waals surface area contributed by atoms with E-state index in [4.69, 9.17) is 9.72 Å². The summed E-state index contributed by atoms with van der Waals surface area (Å²) in [7, 11) is 1.44. The first kappa shape index (κ1) is 28.9. The number of alkyl halides is 4. The van der Waals surface area contributed by atoms with Crippen molar-refractivity contribution in [2.75, 3.05) is 20.3 Å². The van der Waals surface area contributed by atoms with E-state index < -0.39 is 35.9 Å². The molecule has 2 amide bonds. The molecule has 5 rings (SSSR count). The van der Waals surface area contributed by atoms with Crippen LogP contribution in [0.25, 0.3) is 5.65 Å². The standard InChI is InChI=1S/C26H31F4N7O4/c1-14-23(35-41-34-14)20(38)9-17(15-4-6-26(29,30)7-5-15)18-11-37-22(32-18)8-16(10-31-37)19(13-40-3)36-12-21(25(2,27)28)33-24(36)39/h8,10-11,15,17,19,21H,4-7,9,12-13H2,1-3H3,(H,33,39)/t17-,19+,21-/m0/s1. The van der Waals surface area contributed by atoms with E-state index in [1.165, 1.54) is 22.7 Å². The number of nitrogens with one attached hydrogen (secondary N) is 1. The lowest BCUT2D eigenvalue weighted by atomic mass is 9.75. The highest BCUT2D eigenvalue weighted by molar-refractivity contribution is 5.95. The molecule has 1 saturated heterocycles. The molecule has 41 heavy (non-hydrogen) atoms. The average molecular weight is 582 g/mol. The number of carbonyl (C=O) groups is 2. The predicted molar refractivity (Wildman–Crippen MR) is 135 cm³/mol. The van der Waals surface area contributed by atoms with E-state index in [1.54, 1.807) is 19.2 Å². The molecule has 1 N–H and O–H groups in total. The van der Waals surface area contributed by atoms with Gasteiger partial charge in [0.2, 0.25) is 5.92 Å². The van der Waals surface area contributed by atoms with Crippen molar-refractivity contribution in [3.8, 4) is 0 Å². The van der Waals surface area contributed by atoms with E-state index in [1.807, 2.05) is 0 Å². The molecule has 1 saturated carbocycles. The van der Waals surface area contributed by atoms with Gasteiger partial charge < -0.3 is 15.0 Å². The Morgan fingerprint density at radius 1 is 1.29 bits per heavy atom. The molecule has 0 unspecified atom stereocenters. The van der Waals surface area contributed by atoms with Gasteiger partial charge >= 0.3 is 6.03 Å².